The van der Waals surface area contributed by atoms with E-state index in [1.807, 2.05) is 38.2 Å². The van der Waals surface area contributed by atoms with Crippen LogP contribution in [0.3, 0.4) is 0 Å². The lowest BCUT2D eigenvalue weighted by Crippen LogP contribution is -2.49. The van der Waals surface area contributed by atoms with Crippen LogP contribution in [-0.2, 0) is 17.9 Å². The zero-order valence-corrected chi connectivity index (χ0v) is 19.8. The first-order valence-corrected chi connectivity index (χ1v) is 11.7. The Bertz CT molecular complexity index is 998. The second-order valence-electron chi connectivity index (χ2n) is 9.79. The molecule has 1 aromatic carbocycles. The van der Waals surface area contributed by atoms with Gasteiger partial charge in [0.25, 0.3) is 5.91 Å². The highest BCUT2D eigenvalue weighted by molar-refractivity contribution is 5.93. The first-order valence-electron chi connectivity index (χ1n) is 11.7. The first-order chi connectivity index (χ1) is 15.7. The number of hydrogen-bond acceptors (Lipinski definition) is 6. The number of nitrogens with zero attached hydrogens (tertiary/aromatic N) is 3. The van der Waals surface area contributed by atoms with E-state index in [2.05, 4.69) is 15.4 Å². The van der Waals surface area contributed by atoms with Crippen LogP contribution in [0.5, 0.6) is 0 Å². The lowest BCUT2D eigenvalue weighted by atomic mass is 9.89. The highest BCUT2D eigenvalue weighted by Gasteiger charge is 2.35. The number of aliphatic hydroxyl groups is 1. The maximum absolute atomic E-state index is 12.7. The van der Waals surface area contributed by atoms with Crippen molar-refractivity contribution in [2.45, 2.75) is 63.6 Å². The van der Waals surface area contributed by atoms with Crippen LogP contribution in [0.4, 0.5) is 0 Å². The molecule has 0 bridgehead atoms. The molecule has 1 unspecified atom stereocenters. The van der Waals surface area contributed by atoms with Crippen LogP contribution in [-0.4, -0.2) is 64.7 Å². The topological polar surface area (TPSA) is 98.9 Å². The standard InChI is InChI=1S/C25H34N4O4/c1-17-22(27-33-23(17)20-9-10-20)24(31)26-14-18-5-7-19(8-6-18)15-29(3)21(30)13-25(32)11-4-12-28(2)16-25/h5-8,20,32H,4,9-16H2,1-3H3,(H,26,31). The molecule has 0 radical (unpaired) electrons. The molecule has 1 saturated carbocycles. The lowest BCUT2D eigenvalue weighted by Gasteiger charge is -2.37. The fourth-order valence-corrected chi connectivity index (χ4v) is 4.58. The molecule has 8 nitrogen and oxygen atoms in total. The molecule has 4 rings (SSSR count). The van der Waals surface area contributed by atoms with E-state index >= 15 is 0 Å². The van der Waals surface area contributed by atoms with Crippen molar-refractivity contribution in [3.8, 4) is 0 Å². The Labute approximate surface area is 194 Å². The van der Waals surface area contributed by atoms with E-state index in [0.29, 0.717) is 37.7 Å². The highest BCUT2D eigenvalue weighted by atomic mass is 16.5. The number of piperidine rings is 1. The van der Waals surface area contributed by atoms with Crippen molar-refractivity contribution < 1.29 is 19.2 Å². The van der Waals surface area contributed by atoms with E-state index < -0.39 is 5.60 Å². The van der Waals surface area contributed by atoms with Crippen molar-refractivity contribution in [1.82, 2.24) is 20.3 Å². The summed E-state index contributed by atoms with van der Waals surface area (Å²) < 4.78 is 5.36. The number of hydrogen-bond donors (Lipinski definition) is 2. The number of likely N-dealkylation sites (tertiary alicyclic amines) is 1. The molecule has 1 aliphatic heterocycles. The molecule has 2 fully saturated rings. The predicted octanol–water partition coefficient (Wildman–Crippen LogP) is 2.60. The molecular weight excluding hydrogens is 420 g/mol. The average molecular weight is 455 g/mol. The summed E-state index contributed by atoms with van der Waals surface area (Å²) in [5, 5.41) is 17.6. The van der Waals surface area contributed by atoms with Crippen LogP contribution in [0, 0.1) is 6.92 Å². The SMILES string of the molecule is Cc1c(C(=O)NCc2ccc(CN(C)C(=O)CC3(O)CCCN(C)C3)cc2)noc1C1CC1. The smallest absolute Gasteiger partial charge is 0.274 e. The maximum atomic E-state index is 12.7. The number of benzene rings is 1. The minimum Gasteiger partial charge on any atom is -0.388 e. The van der Waals surface area contributed by atoms with Crippen molar-refractivity contribution in [3.63, 3.8) is 0 Å². The summed E-state index contributed by atoms with van der Waals surface area (Å²) in [7, 11) is 3.74. The summed E-state index contributed by atoms with van der Waals surface area (Å²) in [6.45, 7) is 4.23. The van der Waals surface area contributed by atoms with Crippen LogP contribution in [0.2, 0.25) is 0 Å². The van der Waals surface area contributed by atoms with Gasteiger partial charge in [0.2, 0.25) is 5.91 Å². The van der Waals surface area contributed by atoms with E-state index in [0.717, 1.165) is 48.3 Å². The number of nitrogens with one attached hydrogen (secondary N) is 1. The molecule has 1 aliphatic carbocycles. The van der Waals surface area contributed by atoms with Gasteiger partial charge in [0.05, 0.1) is 12.0 Å². The largest absolute Gasteiger partial charge is 0.388 e. The summed E-state index contributed by atoms with van der Waals surface area (Å²) in [6, 6.07) is 7.81. The molecule has 2 N–H and O–H groups in total. The van der Waals surface area contributed by atoms with Gasteiger partial charge in [-0.2, -0.15) is 0 Å². The van der Waals surface area contributed by atoms with E-state index in [4.69, 9.17) is 4.52 Å². The number of β-amino-alcohol motifs (C(OH)–C–C–N with tert-alkyl or cyclic N) is 1. The summed E-state index contributed by atoms with van der Waals surface area (Å²) in [5.74, 6) is 0.968. The Morgan fingerprint density at radius 1 is 1.27 bits per heavy atom. The van der Waals surface area contributed by atoms with Gasteiger partial charge in [-0.15, -0.1) is 0 Å². The van der Waals surface area contributed by atoms with Crippen molar-refractivity contribution in [2.24, 2.45) is 0 Å². The van der Waals surface area contributed by atoms with Crippen molar-refractivity contribution in [2.75, 3.05) is 27.2 Å². The van der Waals surface area contributed by atoms with Gasteiger partial charge in [0.1, 0.15) is 5.76 Å². The van der Waals surface area contributed by atoms with E-state index in [1.54, 1.807) is 11.9 Å². The molecule has 1 saturated heterocycles. The monoisotopic (exact) mass is 454 g/mol. The number of amides is 2. The van der Waals surface area contributed by atoms with Crippen molar-refractivity contribution in [1.29, 1.82) is 0 Å². The average Bonchev–Trinajstić information content (AvgIpc) is 3.54. The molecule has 2 heterocycles. The minimum atomic E-state index is -0.942. The van der Waals surface area contributed by atoms with Gasteiger partial charge in [-0.3, -0.25) is 9.59 Å². The normalized spacial score (nSPS) is 21.1. The van der Waals surface area contributed by atoms with Gasteiger partial charge in [-0.05, 0) is 57.3 Å². The van der Waals surface area contributed by atoms with Gasteiger partial charge in [-0.25, -0.2) is 0 Å². The third kappa shape index (κ3) is 5.81. The molecular formula is C25H34N4O4. The molecule has 1 atom stereocenters. The van der Waals surface area contributed by atoms with E-state index in [-0.39, 0.29) is 18.2 Å². The lowest BCUT2D eigenvalue weighted by molar-refractivity contribution is -0.138. The Morgan fingerprint density at radius 3 is 2.64 bits per heavy atom. The van der Waals surface area contributed by atoms with Gasteiger partial charge < -0.3 is 24.7 Å². The fraction of sp³-hybridized carbons (Fsp3) is 0.560. The Kier molecular flexibility index (Phi) is 6.86. The summed E-state index contributed by atoms with van der Waals surface area (Å²) in [5.41, 5.74) is 2.21. The van der Waals surface area contributed by atoms with Gasteiger partial charge in [0, 0.05) is 38.2 Å². The van der Waals surface area contributed by atoms with Gasteiger partial charge in [0.15, 0.2) is 5.69 Å². The van der Waals surface area contributed by atoms with Crippen LogP contribution < -0.4 is 5.32 Å². The fourth-order valence-electron chi connectivity index (χ4n) is 4.58. The van der Waals surface area contributed by atoms with Crippen LogP contribution in [0.1, 0.15) is 71.0 Å². The number of rotatable bonds is 8. The predicted molar refractivity (Wildman–Crippen MR) is 124 cm³/mol. The molecule has 178 valence electrons. The third-order valence-electron chi connectivity index (χ3n) is 6.67. The van der Waals surface area contributed by atoms with Crippen LogP contribution in [0.15, 0.2) is 28.8 Å². The Balaban J connectivity index is 1.26. The molecule has 2 aromatic rings. The third-order valence-corrected chi connectivity index (χ3v) is 6.67. The molecule has 8 heteroatoms. The van der Waals surface area contributed by atoms with Gasteiger partial charge >= 0.3 is 0 Å². The van der Waals surface area contributed by atoms with E-state index in [1.165, 1.54) is 0 Å². The molecule has 33 heavy (non-hydrogen) atoms. The second-order valence-corrected chi connectivity index (χ2v) is 9.79. The zero-order valence-electron chi connectivity index (χ0n) is 19.8. The molecule has 0 spiro atoms. The second kappa shape index (κ2) is 9.65. The van der Waals surface area contributed by atoms with Crippen LogP contribution in [0.25, 0.3) is 0 Å². The van der Waals surface area contributed by atoms with Crippen LogP contribution >= 0.6 is 0 Å². The summed E-state index contributed by atoms with van der Waals surface area (Å²) in [6.07, 6.45) is 3.90. The number of carbonyl (C=O) groups excluding carboxylic acids is 2. The highest BCUT2D eigenvalue weighted by Crippen LogP contribution is 2.42. The van der Waals surface area contributed by atoms with Crippen molar-refractivity contribution in [3.05, 3.63) is 52.4 Å². The van der Waals surface area contributed by atoms with Crippen molar-refractivity contribution >= 4 is 11.8 Å². The first kappa shape index (κ1) is 23.4. The minimum absolute atomic E-state index is 0.0577. The zero-order chi connectivity index (χ0) is 23.6. The summed E-state index contributed by atoms with van der Waals surface area (Å²) >= 11 is 0. The summed E-state index contributed by atoms with van der Waals surface area (Å²) in [4.78, 5) is 28.9. The number of aromatic nitrogens is 1. The number of likely N-dealkylation sites (N-methyl/N-ethyl adjacent to an activating group) is 1. The number of carbonyl (C=O) groups is 2. The maximum Gasteiger partial charge on any atom is 0.274 e. The molecule has 1 aromatic heterocycles. The molecule has 2 aliphatic rings. The van der Waals surface area contributed by atoms with Gasteiger partial charge in [-0.1, -0.05) is 29.4 Å². The molecule has 2 amide bonds. The quantitative estimate of drug-likeness (QED) is 0.636. The Hall–Kier alpha value is -2.71. The van der Waals surface area contributed by atoms with E-state index in [9.17, 15) is 14.7 Å². The Morgan fingerprint density at radius 2 is 1.97 bits per heavy atom.